The molecule has 0 bridgehead atoms. The van der Waals surface area contributed by atoms with Crippen LogP contribution >= 0.6 is 0 Å². The van der Waals surface area contributed by atoms with Crippen LogP contribution in [0.5, 0.6) is 0 Å². The lowest BCUT2D eigenvalue weighted by Gasteiger charge is -2.35. The first-order valence-electron chi connectivity index (χ1n) is 8.42. The van der Waals surface area contributed by atoms with Gasteiger partial charge in [0, 0.05) is 45.7 Å². The van der Waals surface area contributed by atoms with Crippen molar-refractivity contribution in [3.05, 3.63) is 0 Å². The molecule has 0 saturated carbocycles. The predicted molar refractivity (Wildman–Crippen MR) is 91.9 cm³/mol. The average molecular weight is 311 g/mol. The summed E-state index contributed by atoms with van der Waals surface area (Å²) in [5.74, 6) is 1.09. The van der Waals surface area contributed by atoms with E-state index in [1.54, 1.807) is 0 Å². The maximum Gasteiger partial charge on any atom is 0.217 e. The molecule has 0 aromatic rings. The maximum atomic E-state index is 11.1. The minimum absolute atomic E-state index is 0.204. The van der Waals surface area contributed by atoms with E-state index in [-0.39, 0.29) is 5.91 Å². The molecule has 0 radical (unpaired) electrons. The molecule has 22 heavy (non-hydrogen) atoms. The Morgan fingerprint density at radius 1 is 1.55 bits per heavy atom. The Balaban J connectivity index is 2.42. The first-order valence-corrected chi connectivity index (χ1v) is 8.42. The number of nitrogens with zero attached hydrogens (tertiary/aromatic N) is 3. The van der Waals surface area contributed by atoms with Gasteiger partial charge >= 0.3 is 0 Å². The van der Waals surface area contributed by atoms with Crippen molar-refractivity contribution in [1.82, 2.24) is 15.1 Å². The van der Waals surface area contributed by atoms with Gasteiger partial charge in [-0.25, -0.2) is 0 Å². The zero-order chi connectivity index (χ0) is 16.5. The molecule has 0 spiro atoms. The number of carbonyl (C=O) groups excluding carboxylic acids is 1. The van der Waals surface area contributed by atoms with Crippen LogP contribution < -0.4 is 11.1 Å². The Morgan fingerprint density at radius 2 is 2.27 bits per heavy atom. The van der Waals surface area contributed by atoms with E-state index in [2.05, 4.69) is 41.0 Å². The third-order valence-electron chi connectivity index (χ3n) is 4.61. The minimum Gasteiger partial charge on any atom is -0.370 e. The molecule has 0 aromatic carbocycles. The molecule has 1 saturated heterocycles. The molecule has 2 unspecified atom stereocenters. The summed E-state index contributed by atoms with van der Waals surface area (Å²) >= 11 is 0. The molecule has 6 heteroatoms. The summed E-state index contributed by atoms with van der Waals surface area (Å²) in [7, 11) is 3.97. The van der Waals surface area contributed by atoms with Crippen LogP contribution in [0.25, 0.3) is 0 Å². The van der Waals surface area contributed by atoms with E-state index >= 15 is 0 Å². The van der Waals surface area contributed by atoms with Crippen LogP contribution in [-0.2, 0) is 4.79 Å². The second kappa shape index (κ2) is 9.66. The molecule has 1 fully saturated rings. The number of aliphatic imine (C=N–C) groups is 1. The van der Waals surface area contributed by atoms with E-state index in [4.69, 9.17) is 5.73 Å². The van der Waals surface area contributed by atoms with E-state index in [1.807, 2.05) is 7.05 Å². The normalized spacial score (nSPS) is 21.0. The van der Waals surface area contributed by atoms with Crippen molar-refractivity contribution >= 4 is 11.9 Å². The molecule has 6 nitrogen and oxygen atoms in total. The quantitative estimate of drug-likeness (QED) is 0.541. The van der Waals surface area contributed by atoms with Crippen molar-refractivity contribution in [2.75, 3.05) is 40.3 Å². The van der Waals surface area contributed by atoms with Crippen LogP contribution in [0.4, 0.5) is 0 Å². The van der Waals surface area contributed by atoms with Crippen molar-refractivity contribution in [1.29, 1.82) is 0 Å². The van der Waals surface area contributed by atoms with Crippen LogP contribution in [0.3, 0.4) is 0 Å². The lowest BCUT2D eigenvalue weighted by Crippen LogP contribution is -2.48. The number of piperidine rings is 1. The van der Waals surface area contributed by atoms with Crippen molar-refractivity contribution in [2.24, 2.45) is 16.6 Å². The average Bonchev–Trinajstić information content (AvgIpc) is 2.50. The summed E-state index contributed by atoms with van der Waals surface area (Å²) in [5.41, 5.74) is 5.32. The van der Waals surface area contributed by atoms with Gasteiger partial charge in [-0.05, 0) is 39.2 Å². The number of likely N-dealkylation sites (N-methyl/N-ethyl adjacent to an activating group) is 1. The number of primary amides is 1. The number of nitrogens with one attached hydrogen (secondary N) is 1. The molecule has 1 heterocycles. The molecular weight excluding hydrogens is 278 g/mol. The van der Waals surface area contributed by atoms with Gasteiger partial charge in [-0.1, -0.05) is 6.92 Å². The van der Waals surface area contributed by atoms with E-state index in [0.717, 1.165) is 51.4 Å². The molecule has 0 aliphatic carbocycles. The number of hydrogen-bond donors (Lipinski definition) is 2. The van der Waals surface area contributed by atoms with Crippen molar-refractivity contribution in [3.8, 4) is 0 Å². The van der Waals surface area contributed by atoms with Crippen LogP contribution in [-0.4, -0.2) is 68.0 Å². The van der Waals surface area contributed by atoms with E-state index < -0.39 is 0 Å². The van der Waals surface area contributed by atoms with E-state index in [1.165, 1.54) is 0 Å². The van der Waals surface area contributed by atoms with Gasteiger partial charge in [-0.2, -0.15) is 0 Å². The topological polar surface area (TPSA) is 74.0 Å². The Labute approximate surface area is 135 Å². The number of hydrogen-bond acceptors (Lipinski definition) is 3. The second-order valence-corrected chi connectivity index (χ2v) is 6.34. The highest BCUT2D eigenvalue weighted by atomic mass is 16.1. The fraction of sp³-hybridized carbons (Fsp3) is 0.875. The molecule has 1 aliphatic heterocycles. The third-order valence-corrected chi connectivity index (χ3v) is 4.61. The molecule has 2 atom stereocenters. The fourth-order valence-corrected chi connectivity index (χ4v) is 2.92. The standard InChI is InChI=1S/C16H33N5O/c1-5-13(2)20(4)10-8-19-16(18-3)21-9-6-7-14(12-21)11-15(17)22/h13-14H,5-12H2,1-4H3,(H2,17,22)(H,18,19). The van der Waals surface area contributed by atoms with Gasteiger partial charge in [0.2, 0.25) is 5.91 Å². The summed E-state index contributed by atoms with van der Waals surface area (Å²) in [5, 5.41) is 3.44. The highest BCUT2D eigenvalue weighted by Crippen LogP contribution is 2.19. The van der Waals surface area contributed by atoms with E-state index in [0.29, 0.717) is 18.4 Å². The fourth-order valence-electron chi connectivity index (χ4n) is 2.92. The van der Waals surface area contributed by atoms with E-state index in [9.17, 15) is 4.79 Å². The molecule has 1 amide bonds. The molecular formula is C16H33N5O. The highest BCUT2D eigenvalue weighted by molar-refractivity contribution is 5.80. The number of carbonyl (C=O) groups is 1. The summed E-state index contributed by atoms with van der Waals surface area (Å²) in [6.07, 6.45) is 3.80. The van der Waals surface area contributed by atoms with Crippen molar-refractivity contribution in [3.63, 3.8) is 0 Å². The Bertz CT molecular complexity index is 372. The Kier molecular flexibility index (Phi) is 8.24. The SMILES string of the molecule is CCC(C)N(C)CCNC(=NC)N1CCCC(CC(N)=O)C1. The van der Waals surface area contributed by atoms with Gasteiger partial charge in [0.15, 0.2) is 5.96 Å². The minimum atomic E-state index is -0.204. The van der Waals surface area contributed by atoms with Crippen molar-refractivity contribution in [2.45, 2.75) is 45.6 Å². The first kappa shape index (κ1) is 18.7. The van der Waals surface area contributed by atoms with Gasteiger partial charge in [-0.3, -0.25) is 9.79 Å². The smallest absolute Gasteiger partial charge is 0.217 e. The lowest BCUT2D eigenvalue weighted by atomic mass is 9.95. The third kappa shape index (κ3) is 6.22. The Morgan fingerprint density at radius 3 is 2.86 bits per heavy atom. The van der Waals surface area contributed by atoms with Crippen LogP contribution in [0.15, 0.2) is 4.99 Å². The van der Waals surface area contributed by atoms with Gasteiger partial charge in [0.05, 0.1) is 0 Å². The number of guanidine groups is 1. The zero-order valence-electron chi connectivity index (χ0n) is 14.6. The summed E-state index contributed by atoms with van der Waals surface area (Å²) < 4.78 is 0. The van der Waals surface area contributed by atoms with Crippen molar-refractivity contribution < 1.29 is 4.79 Å². The number of likely N-dealkylation sites (tertiary alicyclic amines) is 1. The zero-order valence-corrected chi connectivity index (χ0v) is 14.6. The first-order chi connectivity index (χ1) is 10.5. The molecule has 1 rings (SSSR count). The molecule has 1 aliphatic rings. The number of amides is 1. The highest BCUT2D eigenvalue weighted by Gasteiger charge is 2.23. The van der Waals surface area contributed by atoms with Crippen LogP contribution in [0, 0.1) is 5.92 Å². The van der Waals surface area contributed by atoms with Gasteiger partial charge in [0.25, 0.3) is 0 Å². The maximum absolute atomic E-state index is 11.1. The number of nitrogens with two attached hydrogens (primary N) is 1. The van der Waals surface area contributed by atoms with Crippen LogP contribution in [0.1, 0.15) is 39.5 Å². The summed E-state index contributed by atoms with van der Waals surface area (Å²) in [4.78, 5) is 20.1. The number of rotatable bonds is 7. The van der Waals surface area contributed by atoms with Gasteiger partial charge in [0.1, 0.15) is 0 Å². The summed E-state index contributed by atoms with van der Waals surface area (Å²) in [6.45, 7) is 8.19. The Hall–Kier alpha value is -1.30. The lowest BCUT2D eigenvalue weighted by molar-refractivity contribution is -0.119. The van der Waals surface area contributed by atoms with Crippen LogP contribution in [0.2, 0.25) is 0 Å². The molecule has 3 N–H and O–H groups in total. The second-order valence-electron chi connectivity index (χ2n) is 6.34. The monoisotopic (exact) mass is 311 g/mol. The predicted octanol–water partition coefficient (Wildman–Crippen LogP) is 0.880. The largest absolute Gasteiger partial charge is 0.370 e. The molecule has 128 valence electrons. The molecule has 0 aromatic heterocycles. The van der Waals surface area contributed by atoms with Gasteiger partial charge in [-0.15, -0.1) is 0 Å². The van der Waals surface area contributed by atoms with Gasteiger partial charge < -0.3 is 20.9 Å². The summed E-state index contributed by atoms with van der Waals surface area (Å²) in [6, 6.07) is 0.596.